The van der Waals surface area contributed by atoms with Gasteiger partial charge in [0.1, 0.15) is 0 Å². The fourth-order valence-corrected chi connectivity index (χ4v) is 3.51. The molecule has 1 N–H and O–H groups in total. The summed E-state index contributed by atoms with van der Waals surface area (Å²) in [5.41, 5.74) is 2.74. The first kappa shape index (κ1) is 10.7. The maximum Gasteiger partial charge on any atom is 0.0624 e. The minimum absolute atomic E-state index is 0.594. The van der Waals surface area contributed by atoms with Gasteiger partial charge in [-0.2, -0.15) is 5.26 Å². The minimum Gasteiger partial charge on any atom is -0.382 e. The first-order valence-corrected chi connectivity index (χ1v) is 6.60. The monoisotopic (exact) mass is 226 g/mol. The van der Waals surface area contributed by atoms with Crippen LogP contribution >= 0.6 is 0 Å². The number of rotatable bonds is 1. The molecule has 1 fully saturated rings. The summed E-state index contributed by atoms with van der Waals surface area (Å²) >= 11 is 0. The largest absolute Gasteiger partial charge is 0.382 e. The van der Waals surface area contributed by atoms with E-state index >= 15 is 0 Å². The molecule has 17 heavy (non-hydrogen) atoms. The number of hydrogen-bond donors (Lipinski definition) is 1. The molecular formula is C15H18N2. The van der Waals surface area contributed by atoms with Crippen LogP contribution in [0.4, 0.5) is 5.69 Å². The van der Waals surface area contributed by atoms with Crippen LogP contribution in [0.2, 0.25) is 0 Å². The van der Waals surface area contributed by atoms with Gasteiger partial charge in [-0.05, 0) is 42.7 Å². The second-order valence-corrected chi connectivity index (χ2v) is 5.33. The van der Waals surface area contributed by atoms with E-state index in [1.165, 1.54) is 30.5 Å². The molecule has 1 aliphatic carbocycles. The molecule has 1 saturated carbocycles. The lowest BCUT2D eigenvalue weighted by Gasteiger charge is -2.42. The first-order valence-electron chi connectivity index (χ1n) is 6.60. The zero-order valence-electron chi connectivity index (χ0n) is 10.0. The molecule has 1 aliphatic heterocycles. The van der Waals surface area contributed by atoms with E-state index in [0.717, 1.165) is 12.8 Å². The lowest BCUT2D eigenvalue weighted by molar-refractivity contribution is 0.212. The summed E-state index contributed by atoms with van der Waals surface area (Å²) in [7, 11) is 0. The summed E-state index contributed by atoms with van der Waals surface area (Å²) in [6, 6.07) is 11.6. The average molecular weight is 226 g/mol. The highest BCUT2D eigenvalue weighted by Gasteiger charge is 2.36. The minimum atomic E-state index is 0.594. The molecule has 3 rings (SSSR count). The lowest BCUT2D eigenvalue weighted by atomic mass is 9.70. The van der Waals surface area contributed by atoms with E-state index in [0.29, 0.717) is 17.9 Å². The zero-order valence-corrected chi connectivity index (χ0v) is 10.0. The van der Waals surface area contributed by atoms with Crippen LogP contribution in [-0.2, 0) is 6.42 Å². The fourth-order valence-electron chi connectivity index (χ4n) is 3.51. The standard InChI is InChI=1S/C15H18N2/c16-9-8-11-5-3-7-15-13(11)10-12-4-1-2-6-14(12)17-15/h1-2,4,6,11,13,15,17H,3,5,7-8,10H2/t11-,13?,15-/m1/s1. The van der Waals surface area contributed by atoms with E-state index < -0.39 is 0 Å². The molecule has 1 heterocycles. The Morgan fingerprint density at radius 1 is 1.29 bits per heavy atom. The maximum atomic E-state index is 8.93. The van der Waals surface area contributed by atoms with Crippen LogP contribution in [0.15, 0.2) is 24.3 Å². The molecule has 2 heteroatoms. The third kappa shape index (κ3) is 1.91. The van der Waals surface area contributed by atoms with E-state index in [2.05, 4.69) is 35.7 Å². The summed E-state index contributed by atoms with van der Waals surface area (Å²) in [5, 5.41) is 12.6. The zero-order chi connectivity index (χ0) is 11.7. The van der Waals surface area contributed by atoms with Crippen LogP contribution in [0.25, 0.3) is 0 Å². The van der Waals surface area contributed by atoms with Gasteiger partial charge < -0.3 is 5.32 Å². The van der Waals surface area contributed by atoms with E-state index in [4.69, 9.17) is 5.26 Å². The molecule has 3 atom stereocenters. The van der Waals surface area contributed by atoms with Gasteiger partial charge in [0.2, 0.25) is 0 Å². The van der Waals surface area contributed by atoms with E-state index in [9.17, 15) is 0 Å². The van der Waals surface area contributed by atoms with Gasteiger partial charge in [-0.25, -0.2) is 0 Å². The van der Waals surface area contributed by atoms with E-state index in [1.807, 2.05) is 0 Å². The van der Waals surface area contributed by atoms with E-state index in [-0.39, 0.29) is 0 Å². The number of anilines is 1. The molecule has 0 radical (unpaired) electrons. The Hall–Kier alpha value is -1.49. The molecular weight excluding hydrogens is 208 g/mol. The van der Waals surface area contributed by atoms with Crippen molar-refractivity contribution in [2.75, 3.05) is 5.32 Å². The Morgan fingerprint density at radius 3 is 3.06 bits per heavy atom. The third-order valence-electron chi connectivity index (χ3n) is 4.38. The van der Waals surface area contributed by atoms with Crippen molar-refractivity contribution in [2.45, 2.75) is 38.1 Å². The molecule has 2 nitrogen and oxygen atoms in total. The van der Waals surface area contributed by atoms with Gasteiger partial charge >= 0.3 is 0 Å². The van der Waals surface area contributed by atoms with Crippen molar-refractivity contribution in [1.82, 2.24) is 0 Å². The number of nitriles is 1. The summed E-state index contributed by atoms with van der Waals surface area (Å²) in [6.07, 6.45) is 5.65. The summed E-state index contributed by atoms with van der Waals surface area (Å²) in [5.74, 6) is 1.26. The van der Waals surface area contributed by atoms with Crippen LogP contribution < -0.4 is 5.32 Å². The molecule has 1 aromatic carbocycles. The number of para-hydroxylation sites is 1. The summed E-state index contributed by atoms with van der Waals surface area (Å²) in [6.45, 7) is 0. The Bertz CT molecular complexity index is 446. The highest BCUT2D eigenvalue weighted by Crippen LogP contribution is 2.40. The van der Waals surface area contributed by atoms with Gasteiger partial charge in [-0.15, -0.1) is 0 Å². The Balaban J connectivity index is 1.87. The van der Waals surface area contributed by atoms with E-state index in [1.54, 1.807) is 0 Å². The molecule has 88 valence electrons. The SMILES string of the molecule is N#CC[C@H]1CCC[C@H]2Nc3ccccc3CC12. The molecule has 2 aliphatic rings. The number of hydrogen-bond acceptors (Lipinski definition) is 2. The van der Waals surface area contributed by atoms with Crippen molar-refractivity contribution >= 4 is 5.69 Å². The number of nitrogens with zero attached hydrogens (tertiary/aromatic N) is 1. The highest BCUT2D eigenvalue weighted by molar-refractivity contribution is 5.54. The summed E-state index contributed by atoms with van der Waals surface area (Å²) < 4.78 is 0. The normalized spacial score (nSPS) is 30.6. The summed E-state index contributed by atoms with van der Waals surface area (Å²) in [4.78, 5) is 0. The molecule has 1 aromatic rings. The van der Waals surface area contributed by atoms with Crippen molar-refractivity contribution in [1.29, 1.82) is 5.26 Å². The van der Waals surface area contributed by atoms with Crippen molar-refractivity contribution < 1.29 is 0 Å². The van der Waals surface area contributed by atoms with Crippen molar-refractivity contribution in [3.05, 3.63) is 29.8 Å². The Kier molecular flexibility index (Phi) is 2.76. The van der Waals surface area contributed by atoms with Crippen LogP contribution in [0.5, 0.6) is 0 Å². The average Bonchev–Trinajstić information content (AvgIpc) is 2.37. The quantitative estimate of drug-likeness (QED) is 0.797. The van der Waals surface area contributed by atoms with Gasteiger partial charge in [0.25, 0.3) is 0 Å². The van der Waals surface area contributed by atoms with Crippen molar-refractivity contribution in [2.24, 2.45) is 11.8 Å². The first-order chi connectivity index (χ1) is 8.38. The van der Waals surface area contributed by atoms with Crippen LogP contribution in [-0.4, -0.2) is 6.04 Å². The fraction of sp³-hybridized carbons (Fsp3) is 0.533. The second-order valence-electron chi connectivity index (χ2n) is 5.33. The Morgan fingerprint density at radius 2 is 2.18 bits per heavy atom. The smallest absolute Gasteiger partial charge is 0.0624 e. The van der Waals surface area contributed by atoms with Crippen molar-refractivity contribution in [3.8, 4) is 6.07 Å². The number of benzene rings is 1. The van der Waals surface area contributed by atoms with Gasteiger partial charge in [-0.3, -0.25) is 0 Å². The third-order valence-corrected chi connectivity index (χ3v) is 4.38. The predicted molar refractivity (Wildman–Crippen MR) is 68.6 cm³/mol. The molecule has 1 unspecified atom stereocenters. The van der Waals surface area contributed by atoms with Crippen LogP contribution in [0, 0.1) is 23.2 Å². The molecule has 0 aromatic heterocycles. The maximum absolute atomic E-state index is 8.93. The van der Waals surface area contributed by atoms with Crippen molar-refractivity contribution in [3.63, 3.8) is 0 Å². The molecule has 0 saturated heterocycles. The van der Waals surface area contributed by atoms with Gasteiger partial charge in [0, 0.05) is 18.2 Å². The van der Waals surface area contributed by atoms with Crippen LogP contribution in [0.1, 0.15) is 31.2 Å². The topological polar surface area (TPSA) is 35.8 Å². The Labute approximate surface area is 103 Å². The molecule has 0 bridgehead atoms. The molecule has 0 amide bonds. The van der Waals surface area contributed by atoms with Gasteiger partial charge in [-0.1, -0.05) is 24.6 Å². The number of nitrogens with one attached hydrogen (secondary N) is 1. The lowest BCUT2D eigenvalue weighted by Crippen LogP contribution is -2.42. The highest BCUT2D eigenvalue weighted by atomic mass is 14.9. The molecule has 0 spiro atoms. The number of fused-ring (bicyclic) bond motifs is 2. The van der Waals surface area contributed by atoms with Gasteiger partial charge in [0.15, 0.2) is 0 Å². The van der Waals surface area contributed by atoms with Gasteiger partial charge in [0.05, 0.1) is 6.07 Å². The van der Waals surface area contributed by atoms with Crippen LogP contribution in [0.3, 0.4) is 0 Å². The second kappa shape index (κ2) is 4.41. The predicted octanol–water partition coefficient (Wildman–Crippen LogP) is 3.35.